The minimum atomic E-state index is -0.547. The molecule has 8 heteroatoms. The normalized spacial score (nSPS) is 15.9. The van der Waals surface area contributed by atoms with Gasteiger partial charge in [0.25, 0.3) is 5.69 Å². The quantitative estimate of drug-likeness (QED) is 0.668. The summed E-state index contributed by atoms with van der Waals surface area (Å²) in [7, 11) is 3.11. The number of hydrogen-bond donors (Lipinski definition) is 1. The molecule has 0 radical (unpaired) electrons. The Morgan fingerprint density at radius 2 is 1.81 bits per heavy atom. The average Bonchev–Trinajstić information content (AvgIpc) is 2.65. The van der Waals surface area contributed by atoms with Gasteiger partial charge in [-0.05, 0) is 47.4 Å². The van der Waals surface area contributed by atoms with Crippen molar-refractivity contribution in [2.45, 2.75) is 12.5 Å². The van der Waals surface area contributed by atoms with Crippen molar-refractivity contribution in [2.24, 2.45) is 5.73 Å². The van der Waals surface area contributed by atoms with E-state index < -0.39 is 17.0 Å². The van der Waals surface area contributed by atoms with Crippen LogP contribution in [0.2, 0.25) is 0 Å². The summed E-state index contributed by atoms with van der Waals surface area (Å²) < 4.78 is 10.7. The molecule has 136 valence electrons. The molecule has 1 heterocycles. The molecule has 1 aliphatic rings. The van der Waals surface area contributed by atoms with Gasteiger partial charge in [-0.15, -0.1) is 0 Å². The number of fused-ring (bicyclic) bond motifs is 1. The highest BCUT2D eigenvalue weighted by Gasteiger charge is 2.32. The smallest absolute Gasteiger partial charge is 0.315 e. The number of ether oxygens (including phenoxy) is 2. The number of nitrogens with zero attached hydrogens (tertiary/aromatic N) is 2. The molecule has 0 saturated heterocycles. The maximum absolute atomic E-state index is 12.0. The molecule has 2 N–H and O–H groups in total. The third kappa shape index (κ3) is 3.01. The lowest BCUT2D eigenvalue weighted by Crippen LogP contribution is -2.43. The number of methoxy groups -OCH3 is 2. The van der Waals surface area contributed by atoms with E-state index in [0.717, 1.165) is 16.7 Å². The van der Waals surface area contributed by atoms with Gasteiger partial charge in [0.05, 0.1) is 25.2 Å². The number of benzene rings is 2. The van der Waals surface area contributed by atoms with Crippen LogP contribution in [0.4, 0.5) is 10.5 Å². The Bertz CT molecular complexity index is 851. The van der Waals surface area contributed by atoms with Crippen LogP contribution in [0.5, 0.6) is 11.5 Å². The summed E-state index contributed by atoms with van der Waals surface area (Å²) in [6.45, 7) is 0.444. The largest absolute Gasteiger partial charge is 0.493 e. The lowest BCUT2D eigenvalue weighted by molar-refractivity contribution is -0.384. The molecular weight excluding hydrogens is 338 g/mol. The maximum Gasteiger partial charge on any atom is 0.315 e. The Hall–Kier alpha value is -3.29. The second-order valence-corrected chi connectivity index (χ2v) is 5.94. The molecule has 0 spiro atoms. The van der Waals surface area contributed by atoms with Crippen LogP contribution < -0.4 is 15.2 Å². The number of nitro groups is 1. The molecule has 0 fully saturated rings. The van der Waals surface area contributed by atoms with Crippen molar-refractivity contribution >= 4 is 11.7 Å². The number of urea groups is 1. The third-order valence-corrected chi connectivity index (χ3v) is 4.58. The molecule has 1 aliphatic heterocycles. The Morgan fingerprint density at radius 1 is 1.19 bits per heavy atom. The van der Waals surface area contributed by atoms with Gasteiger partial charge in [-0.1, -0.05) is 0 Å². The van der Waals surface area contributed by atoms with Crippen LogP contribution >= 0.6 is 0 Å². The predicted octanol–water partition coefficient (Wildman–Crippen LogP) is 2.64. The standard InChI is InChI=1S/C18H19N3O5/c1-25-15-9-12-7-8-20(18(19)22)17(14(12)10-16(15)26-2)11-3-5-13(6-4-11)21(23)24/h3-6,9-10,17H,7-8H2,1-2H3,(H2,19,22). The van der Waals surface area contributed by atoms with Crippen LogP contribution in [-0.2, 0) is 6.42 Å². The minimum Gasteiger partial charge on any atom is -0.493 e. The van der Waals surface area contributed by atoms with Gasteiger partial charge < -0.3 is 20.1 Å². The van der Waals surface area contributed by atoms with Gasteiger partial charge in [0, 0.05) is 18.7 Å². The van der Waals surface area contributed by atoms with Crippen molar-refractivity contribution in [2.75, 3.05) is 20.8 Å². The van der Waals surface area contributed by atoms with Crippen molar-refractivity contribution < 1.29 is 19.2 Å². The van der Waals surface area contributed by atoms with E-state index >= 15 is 0 Å². The zero-order valence-electron chi connectivity index (χ0n) is 14.5. The highest BCUT2D eigenvalue weighted by Crippen LogP contribution is 2.41. The molecule has 1 atom stereocenters. The molecule has 0 saturated carbocycles. The fraction of sp³-hybridized carbons (Fsp3) is 0.278. The summed E-state index contributed by atoms with van der Waals surface area (Å²) >= 11 is 0. The van der Waals surface area contributed by atoms with E-state index in [9.17, 15) is 14.9 Å². The number of carbonyl (C=O) groups is 1. The first kappa shape index (κ1) is 17.5. The first-order valence-corrected chi connectivity index (χ1v) is 8.01. The topological polar surface area (TPSA) is 108 Å². The summed E-state index contributed by atoms with van der Waals surface area (Å²) in [6.07, 6.45) is 0.627. The first-order chi connectivity index (χ1) is 12.5. The number of primary amides is 1. The van der Waals surface area contributed by atoms with Gasteiger partial charge in [0.15, 0.2) is 11.5 Å². The van der Waals surface area contributed by atoms with Gasteiger partial charge in [-0.2, -0.15) is 0 Å². The molecule has 2 amide bonds. The molecule has 0 aromatic heterocycles. The molecule has 2 aromatic carbocycles. The lowest BCUT2D eigenvalue weighted by atomic mass is 9.87. The second-order valence-electron chi connectivity index (χ2n) is 5.94. The van der Waals surface area contributed by atoms with Crippen LogP contribution in [0, 0.1) is 10.1 Å². The Morgan fingerprint density at radius 3 is 2.35 bits per heavy atom. The first-order valence-electron chi connectivity index (χ1n) is 8.01. The third-order valence-electron chi connectivity index (χ3n) is 4.58. The number of amides is 2. The zero-order chi connectivity index (χ0) is 18.8. The molecule has 26 heavy (non-hydrogen) atoms. The fourth-order valence-electron chi connectivity index (χ4n) is 3.32. The maximum atomic E-state index is 12.0. The summed E-state index contributed by atoms with van der Waals surface area (Å²) in [5.41, 5.74) is 8.19. The molecular formula is C18H19N3O5. The molecule has 2 aromatic rings. The summed E-state index contributed by atoms with van der Waals surface area (Å²) in [5, 5.41) is 10.9. The fourth-order valence-corrected chi connectivity index (χ4v) is 3.32. The van der Waals surface area contributed by atoms with Crippen LogP contribution in [0.3, 0.4) is 0 Å². The average molecular weight is 357 g/mol. The van der Waals surface area contributed by atoms with Crippen LogP contribution in [-0.4, -0.2) is 36.6 Å². The van der Waals surface area contributed by atoms with E-state index in [2.05, 4.69) is 0 Å². The van der Waals surface area contributed by atoms with Gasteiger partial charge in [0.2, 0.25) is 0 Å². The Balaban J connectivity index is 2.14. The van der Waals surface area contributed by atoms with E-state index in [-0.39, 0.29) is 5.69 Å². The van der Waals surface area contributed by atoms with E-state index in [4.69, 9.17) is 15.2 Å². The number of nitrogens with two attached hydrogens (primary N) is 1. The molecule has 0 bridgehead atoms. The SMILES string of the molecule is COc1cc2c(cc1OC)C(c1ccc([N+](=O)[O-])cc1)N(C(N)=O)CC2. The monoisotopic (exact) mass is 357 g/mol. The molecule has 8 nitrogen and oxygen atoms in total. The van der Waals surface area contributed by atoms with Crippen molar-refractivity contribution in [3.63, 3.8) is 0 Å². The number of carbonyl (C=O) groups excluding carboxylic acids is 1. The summed E-state index contributed by atoms with van der Waals surface area (Å²) in [6, 6.07) is 8.85. The van der Waals surface area contributed by atoms with Crippen molar-refractivity contribution in [1.29, 1.82) is 0 Å². The van der Waals surface area contributed by atoms with E-state index in [1.54, 1.807) is 31.3 Å². The predicted molar refractivity (Wildman–Crippen MR) is 94.5 cm³/mol. The summed E-state index contributed by atoms with van der Waals surface area (Å²) in [4.78, 5) is 24.0. The zero-order valence-corrected chi connectivity index (χ0v) is 14.5. The molecule has 3 rings (SSSR count). The van der Waals surface area contributed by atoms with Gasteiger partial charge in [0.1, 0.15) is 0 Å². The van der Waals surface area contributed by atoms with Gasteiger partial charge >= 0.3 is 6.03 Å². The minimum absolute atomic E-state index is 0.0114. The van der Waals surface area contributed by atoms with E-state index in [1.165, 1.54) is 12.1 Å². The summed E-state index contributed by atoms with van der Waals surface area (Å²) in [5.74, 6) is 1.16. The second kappa shape index (κ2) is 6.91. The van der Waals surface area contributed by atoms with Crippen molar-refractivity contribution in [3.05, 3.63) is 63.2 Å². The highest BCUT2D eigenvalue weighted by molar-refractivity contribution is 5.74. The van der Waals surface area contributed by atoms with Crippen LogP contribution in [0.25, 0.3) is 0 Å². The van der Waals surface area contributed by atoms with E-state index in [1.807, 2.05) is 12.1 Å². The van der Waals surface area contributed by atoms with Crippen LogP contribution in [0.1, 0.15) is 22.7 Å². The van der Waals surface area contributed by atoms with Gasteiger partial charge in [-0.3, -0.25) is 10.1 Å². The number of non-ortho nitro benzene ring substituents is 1. The number of rotatable bonds is 4. The molecule has 1 unspecified atom stereocenters. The van der Waals surface area contributed by atoms with Gasteiger partial charge in [-0.25, -0.2) is 4.79 Å². The highest BCUT2D eigenvalue weighted by atomic mass is 16.6. The van der Waals surface area contributed by atoms with Crippen molar-refractivity contribution in [3.8, 4) is 11.5 Å². The lowest BCUT2D eigenvalue weighted by Gasteiger charge is -2.37. The Kier molecular flexibility index (Phi) is 4.66. The van der Waals surface area contributed by atoms with Crippen LogP contribution in [0.15, 0.2) is 36.4 Å². The number of nitro benzene ring substituents is 1. The van der Waals surface area contributed by atoms with E-state index in [0.29, 0.717) is 24.5 Å². The Labute approximate surface area is 150 Å². The van der Waals surface area contributed by atoms with Crippen molar-refractivity contribution in [1.82, 2.24) is 4.90 Å². The number of hydrogen-bond acceptors (Lipinski definition) is 5. The molecule has 0 aliphatic carbocycles.